The standard InChI is InChI=1S/C23H28ClN5O2S/c1-4-28(5-2)19-11-9-18(10-12-19)25-22(30)16-32-23-27-26-21(29(23)6-3)15-31-20-13-7-17(24)8-14-20/h7-14H,4-6,15-16H2,1-3H3,(H,25,30). The zero-order valence-corrected chi connectivity index (χ0v) is 20.1. The van der Waals surface area contributed by atoms with Crippen LogP contribution in [0, 0.1) is 0 Å². The smallest absolute Gasteiger partial charge is 0.234 e. The van der Waals surface area contributed by atoms with E-state index in [1.165, 1.54) is 11.8 Å². The second-order valence-electron chi connectivity index (χ2n) is 6.94. The Kier molecular flexibility index (Phi) is 8.81. The van der Waals surface area contributed by atoms with Crippen molar-refractivity contribution in [1.82, 2.24) is 14.8 Å². The lowest BCUT2D eigenvalue weighted by Crippen LogP contribution is -2.21. The van der Waals surface area contributed by atoms with Gasteiger partial charge < -0.3 is 19.5 Å². The molecule has 0 aliphatic heterocycles. The summed E-state index contributed by atoms with van der Waals surface area (Å²) >= 11 is 7.26. The van der Waals surface area contributed by atoms with E-state index in [4.69, 9.17) is 16.3 Å². The van der Waals surface area contributed by atoms with Crippen LogP contribution < -0.4 is 15.0 Å². The van der Waals surface area contributed by atoms with Crippen molar-refractivity contribution in [3.05, 3.63) is 59.4 Å². The van der Waals surface area contributed by atoms with Gasteiger partial charge in [-0.2, -0.15) is 0 Å². The average Bonchev–Trinajstić information content (AvgIpc) is 3.21. The van der Waals surface area contributed by atoms with Gasteiger partial charge in [-0.1, -0.05) is 23.4 Å². The van der Waals surface area contributed by atoms with Crippen LogP contribution >= 0.6 is 23.4 Å². The molecule has 1 N–H and O–H groups in total. The van der Waals surface area contributed by atoms with Crippen molar-refractivity contribution in [2.45, 2.75) is 39.1 Å². The number of halogens is 1. The molecule has 0 saturated carbocycles. The summed E-state index contributed by atoms with van der Waals surface area (Å²) in [6.07, 6.45) is 0. The van der Waals surface area contributed by atoms with Crippen molar-refractivity contribution in [2.75, 3.05) is 29.1 Å². The van der Waals surface area contributed by atoms with Crippen LogP contribution in [0.25, 0.3) is 0 Å². The van der Waals surface area contributed by atoms with Gasteiger partial charge in [-0.25, -0.2) is 0 Å². The molecule has 0 saturated heterocycles. The van der Waals surface area contributed by atoms with Crippen LogP contribution in [-0.4, -0.2) is 39.5 Å². The first-order chi connectivity index (χ1) is 15.5. The monoisotopic (exact) mass is 473 g/mol. The topological polar surface area (TPSA) is 72.3 Å². The Morgan fingerprint density at radius 2 is 1.75 bits per heavy atom. The molecule has 2 aromatic carbocycles. The Morgan fingerprint density at radius 3 is 2.38 bits per heavy atom. The molecular formula is C23H28ClN5O2S. The van der Waals surface area contributed by atoms with Gasteiger partial charge in [0.15, 0.2) is 11.0 Å². The van der Waals surface area contributed by atoms with E-state index in [1.54, 1.807) is 12.1 Å². The minimum atomic E-state index is -0.0878. The lowest BCUT2D eigenvalue weighted by Gasteiger charge is -2.21. The molecule has 0 atom stereocenters. The molecule has 7 nitrogen and oxygen atoms in total. The number of nitrogens with one attached hydrogen (secondary N) is 1. The number of ether oxygens (including phenoxy) is 1. The van der Waals surface area contributed by atoms with Gasteiger partial charge in [0.1, 0.15) is 12.4 Å². The molecule has 1 aromatic heterocycles. The number of rotatable bonds is 11. The molecule has 1 heterocycles. The molecule has 0 bridgehead atoms. The number of thioether (sulfide) groups is 1. The summed E-state index contributed by atoms with van der Waals surface area (Å²) in [7, 11) is 0. The maximum Gasteiger partial charge on any atom is 0.234 e. The molecule has 0 unspecified atom stereocenters. The first-order valence-corrected chi connectivity index (χ1v) is 12.0. The van der Waals surface area contributed by atoms with Gasteiger partial charge in [-0.05, 0) is 69.3 Å². The van der Waals surface area contributed by atoms with E-state index in [9.17, 15) is 4.79 Å². The Hall–Kier alpha value is -2.71. The molecule has 1 amide bonds. The Morgan fingerprint density at radius 1 is 1.06 bits per heavy atom. The van der Waals surface area contributed by atoms with Crippen molar-refractivity contribution in [3.8, 4) is 5.75 Å². The van der Waals surface area contributed by atoms with Crippen LogP contribution in [0.5, 0.6) is 5.75 Å². The summed E-state index contributed by atoms with van der Waals surface area (Å²) in [6, 6.07) is 15.1. The number of carbonyl (C=O) groups is 1. The zero-order valence-electron chi connectivity index (χ0n) is 18.5. The predicted octanol–water partition coefficient (Wildman–Crippen LogP) is 5.11. The Balaban J connectivity index is 1.53. The Bertz CT molecular complexity index is 1000. The predicted molar refractivity (Wildman–Crippen MR) is 131 cm³/mol. The maximum atomic E-state index is 12.4. The minimum Gasteiger partial charge on any atom is -0.486 e. The fraction of sp³-hybridized carbons (Fsp3) is 0.348. The Labute approximate surface area is 198 Å². The van der Waals surface area contributed by atoms with Gasteiger partial charge in [-0.15, -0.1) is 10.2 Å². The number of hydrogen-bond acceptors (Lipinski definition) is 6. The fourth-order valence-corrected chi connectivity index (χ4v) is 4.15. The molecule has 0 radical (unpaired) electrons. The molecule has 0 fully saturated rings. The van der Waals surface area contributed by atoms with Crippen molar-refractivity contribution in [2.24, 2.45) is 0 Å². The van der Waals surface area contributed by atoms with E-state index in [2.05, 4.69) is 34.3 Å². The highest BCUT2D eigenvalue weighted by molar-refractivity contribution is 7.99. The van der Waals surface area contributed by atoms with E-state index in [0.29, 0.717) is 28.3 Å². The highest BCUT2D eigenvalue weighted by atomic mass is 35.5. The van der Waals surface area contributed by atoms with Gasteiger partial charge in [-0.3, -0.25) is 4.79 Å². The summed E-state index contributed by atoms with van der Waals surface area (Å²) in [5, 5.41) is 12.7. The number of benzene rings is 2. The first-order valence-electron chi connectivity index (χ1n) is 10.6. The van der Waals surface area contributed by atoms with Crippen LogP contribution in [0.1, 0.15) is 26.6 Å². The van der Waals surface area contributed by atoms with Gasteiger partial charge in [0.25, 0.3) is 0 Å². The highest BCUT2D eigenvalue weighted by Gasteiger charge is 2.14. The first kappa shape index (κ1) is 23.9. The van der Waals surface area contributed by atoms with Gasteiger partial charge in [0.05, 0.1) is 5.75 Å². The highest BCUT2D eigenvalue weighted by Crippen LogP contribution is 2.21. The lowest BCUT2D eigenvalue weighted by atomic mass is 10.2. The van der Waals surface area contributed by atoms with E-state index in [-0.39, 0.29) is 18.3 Å². The zero-order chi connectivity index (χ0) is 22.9. The summed E-state index contributed by atoms with van der Waals surface area (Å²) in [4.78, 5) is 14.7. The molecule has 0 aliphatic rings. The maximum absolute atomic E-state index is 12.4. The fourth-order valence-electron chi connectivity index (χ4n) is 3.20. The number of anilines is 2. The van der Waals surface area contributed by atoms with Crippen LogP contribution in [-0.2, 0) is 17.9 Å². The second kappa shape index (κ2) is 11.8. The van der Waals surface area contributed by atoms with Crippen LogP contribution in [0.3, 0.4) is 0 Å². The molecule has 9 heteroatoms. The molecule has 0 aliphatic carbocycles. The van der Waals surface area contributed by atoms with Crippen LogP contribution in [0.15, 0.2) is 53.7 Å². The van der Waals surface area contributed by atoms with Crippen LogP contribution in [0.2, 0.25) is 5.02 Å². The van der Waals surface area contributed by atoms with Crippen molar-refractivity contribution >= 4 is 40.6 Å². The molecule has 170 valence electrons. The SMILES string of the molecule is CCN(CC)c1ccc(NC(=O)CSc2nnc(COc3ccc(Cl)cc3)n2CC)cc1. The number of nitrogens with zero attached hydrogens (tertiary/aromatic N) is 4. The quantitative estimate of drug-likeness (QED) is 0.390. The third-order valence-corrected chi connectivity index (χ3v) is 6.12. The van der Waals surface area contributed by atoms with Crippen LogP contribution in [0.4, 0.5) is 11.4 Å². The third-order valence-electron chi connectivity index (χ3n) is 4.90. The van der Waals surface area contributed by atoms with Crippen molar-refractivity contribution in [3.63, 3.8) is 0 Å². The van der Waals surface area contributed by atoms with Crippen molar-refractivity contribution in [1.29, 1.82) is 0 Å². The molecular weight excluding hydrogens is 446 g/mol. The van der Waals surface area contributed by atoms with Gasteiger partial charge >= 0.3 is 0 Å². The molecule has 0 spiro atoms. The van der Waals surface area contributed by atoms with Gasteiger partial charge in [0.2, 0.25) is 5.91 Å². The van der Waals surface area contributed by atoms with E-state index >= 15 is 0 Å². The largest absolute Gasteiger partial charge is 0.486 e. The number of aromatic nitrogens is 3. The normalized spacial score (nSPS) is 10.8. The average molecular weight is 474 g/mol. The van der Waals surface area contributed by atoms with E-state index in [1.807, 2.05) is 47.9 Å². The number of hydrogen-bond donors (Lipinski definition) is 1. The lowest BCUT2D eigenvalue weighted by molar-refractivity contribution is -0.113. The minimum absolute atomic E-state index is 0.0878. The van der Waals surface area contributed by atoms with E-state index < -0.39 is 0 Å². The van der Waals surface area contributed by atoms with Gasteiger partial charge in [0, 0.05) is 36.0 Å². The summed E-state index contributed by atoms with van der Waals surface area (Å²) in [6.45, 7) is 9.13. The molecule has 3 aromatic rings. The summed E-state index contributed by atoms with van der Waals surface area (Å²) < 4.78 is 7.73. The van der Waals surface area contributed by atoms with Crippen molar-refractivity contribution < 1.29 is 9.53 Å². The number of carbonyl (C=O) groups excluding carboxylic acids is 1. The third kappa shape index (κ3) is 6.40. The number of amides is 1. The summed E-state index contributed by atoms with van der Waals surface area (Å²) in [5.41, 5.74) is 1.92. The second-order valence-corrected chi connectivity index (χ2v) is 8.32. The van der Waals surface area contributed by atoms with E-state index in [0.717, 1.165) is 24.5 Å². The molecule has 3 rings (SSSR count). The molecule has 32 heavy (non-hydrogen) atoms. The summed E-state index contributed by atoms with van der Waals surface area (Å²) in [5.74, 6) is 1.57.